The van der Waals surface area contributed by atoms with Crippen LogP contribution in [0.25, 0.3) is 0 Å². The Morgan fingerprint density at radius 2 is 1.22 bits per heavy atom. The molecule has 2 saturated heterocycles. The van der Waals surface area contributed by atoms with E-state index in [0.29, 0.717) is 11.1 Å². The van der Waals surface area contributed by atoms with Crippen LogP contribution in [0.1, 0.15) is 24.3 Å². The largest absolute Gasteiger partial charge is 0.505 e. The number of allylic oxidation sites excluding steroid dienone is 2. The summed E-state index contributed by atoms with van der Waals surface area (Å²) in [6.07, 6.45) is 1.94. The molecular formula is C32H23FN4O9. The van der Waals surface area contributed by atoms with Crippen molar-refractivity contribution in [2.45, 2.75) is 18.8 Å². The first-order valence-corrected chi connectivity index (χ1v) is 14.4. The molecule has 232 valence electrons. The highest BCUT2D eigenvalue weighted by Gasteiger charge is 2.62. The number of non-ortho nitro benzene ring substituents is 2. The average Bonchev–Trinajstić information content (AvgIpc) is 3.45. The van der Waals surface area contributed by atoms with Crippen molar-refractivity contribution < 1.29 is 38.5 Å². The summed E-state index contributed by atoms with van der Waals surface area (Å²) in [5.74, 6) is -9.01. The predicted octanol–water partition coefficient (Wildman–Crippen LogP) is 4.39. The van der Waals surface area contributed by atoms with Gasteiger partial charge in [0.1, 0.15) is 0 Å². The minimum absolute atomic E-state index is 0.0376. The minimum atomic E-state index is -1.01. The van der Waals surface area contributed by atoms with Crippen molar-refractivity contribution in [2.24, 2.45) is 29.6 Å². The van der Waals surface area contributed by atoms with Crippen molar-refractivity contribution in [3.63, 3.8) is 0 Å². The summed E-state index contributed by atoms with van der Waals surface area (Å²) in [5.41, 5.74) is 0.743. The second kappa shape index (κ2) is 10.4. The third-order valence-electron chi connectivity index (χ3n) is 9.62. The van der Waals surface area contributed by atoms with E-state index in [9.17, 15) is 48.9 Å². The second-order valence-electron chi connectivity index (χ2n) is 11.8. The standard InChI is InChI=1S/C32H23FN4O9/c33-24-13-15(1-12-25(24)38)26-20-10-11-21-27(31(41)34(29(21)39)16-2-6-18(7-3-16)36(43)44)22(20)14-23-28(26)32(42)35(30(23)40)17-4-8-19(9-5-17)37(45)46/h1-10,12-13,21-23,26-28,38H,11,14H2. The van der Waals surface area contributed by atoms with Gasteiger partial charge in [-0.25, -0.2) is 4.39 Å². The van der Waals surface area contributed by atoms with Crippen LogP contribution in [0.15, 0.2) is 78.4 Å². The fraction of sp³-hybridized carbons (Fsp3) is 0.250. The molecule has 1 saturated carbocycles. The van der Waals surface area contributed by atoms with Gasteiger partial charge in [0, 0.05) is 30.2 Å². The average molecular weight is 627 g/mol. The van der Waals surface area contributed by atoms with Crippen molar-refractivity contribution in [3.8, 4) is 5.75 Å². The first kappa shape index (κ1) is 29.0. The van der Waals surface area contributed by atoms with Crippen LogP contribution in [0, 0.1) is 55.6 Å². The summed E-state index contributed by atoms with van der Waals surface area (Å²) < 4.78 is 14.7. The monoisotopic (exact) mass is 626 g/mol. The van der Waals surface area contributed by atoms with Gasteiger partial charge in [0.25, 0.3) is 11.4 Å². The number of carbonyl (C=O) groups is 4. The van der Waals surface area contributed by atoms with Crippen molar-refractivity contribution in [1.29, 1.82) is 0 Å². The van der Waals surface area contributed by atoms with Crippen LogP contribution in [-0.4, -0.2) is 38.6 Å². The maximum absolute atomic E-state index is 14.7. The SMILES string of the molecule is O=C1C2CC=C3C(CC4C(=O)N(c5ccc([N+](=O)[O-])cc5)C(=O)C4C3c3ccc(O)c(F)c3)C2C(=O)N1c1ccc([N+](=O)[O-])cc1. The van der Waals surface area contributed by atoms with Gasteiger partial charge in [0.2, 0.25) is 23.6 Å². The molecule has 4 aliphatic rings. The number of benzene rings is 3. The molecule has 2 aliphatic heterocycles. The number of amides is 4. The number of carbonyl (C=O) groups excluding carboxylic acids is 4. The van der Waals surface area contributed by atoms with E-state index in [1.807, 2.05) is 0 Å². The Balaban J connectivity index is 1.30. The van der Waals surface area contributed by atoms with Crippen LogP contribution in [0.4, 0.5) is 27.1 Å². The van der Waals surface area contributed by atoms with Gasteiger partial charge in [-0.15, -0.1) is 0 Å². The minimum Gasteiger partial charge on any atom is -0.505 e. The molecule has 2 heterocycles. The lowest BCUT2D eigenvalue weighted by Crippen LogP contribution is -2.43. The molecule has 2 aliphatic carbocycles. The number of imide groups is 2. The molecule has 1 N–H and O–H groups in total. The van der Waals surface area contributed by atoms with E-state index >= 15 is 0 Å². The topological polar surface area (TPSA) is 181 Å². The number of aromatic hydroxyl groups is 1. The Labute approximate surface area is 258 Å². The molecule has 3 aromatic rings. The van der Waals surface area contributed by atoms with E-state index in [-0.39, 0.29) is 35.6 Å². The molecule has 6 atom stereocenters. The zero-order chi connectivity index (χ0) is 32.6. The fourth-order valence-electron chi connectivity index (χ4n) is 7.64. The van der Waals surface area contributed by atoms with Crippen LogP contribution >= 0.6 is 0 Å². The highest BCUT2D eigenvalue weighted by atomic mass is 19.1. The van der Waals surface area contributed by atoms with Crippen molar-refractivity contribution in [2.75, 3.05) is 9.80 Å². The van der Waals surface area contributed by atoms with Gasteiger partial charge in [-0.05, 0) is 60.7 Å². The zero-order valence-electron chi connectivity index (χ0n) is 23.7. The summed E-state index contributed by atoms with van der Waals surface area (Å²) >= 11 is 0. The van der Waals surface area contributed by atoms with Crippen LogP contribution < -0.4 is 9.80 Å². The molecule has 0 spiro atoms. The Hall–Kier alpha value is -5.79. The second-order valence-corrected chi connectivity index (χ2v) is 11.8. The summed E-state index contributed by atoms with van der Waals surface area (Å²) in [7, 11) is 0. The number of phenols is 1. The third-order valence-corrected chi connectivity index (χ3v) is 9.62. The van der Waals surface area contributed by atoms with Gasteiger partial charge < -0.3 is 5.11 Å². The summed E-state index contributed by atoms with van der Waals surface area (Å²) in [5, 5.41) is 32.2. The molecule has 0 bridgehead atoms. The molecule has 0 radical (unpaired) electrons. The first-order valence-electron chi connectivity index (χ1n) is 14.4. The van der Waals surface area contributed by atoms with Crippen LogP contribution in [0.3, 0.4) is 0 Å². The van der Waals surface area contributed by atoms with E-state index in [0.717, 1.165) is 21.9 Å². The molecule has 4 amide bonds. The number of fused-ring (bicyclic) bond motifs is 4. The van der Waals surface area contributed by atoms with Gasteiger partial charge in [-0.1, -0.05) is 17.7 Å². The lowest BCUT2D eigenvalue weighted by atomic mass is 9.57. The molecule has 6 unspecified atom stereocenters. The van der Waals surface area contributed by atoms with Gasteiger partial charge in [-0.2, -0.15) is 0 Å². The van der Waals surface area contributed by atoms with E-state index < -0.39 is 80.5 Å². The molecule has 46 heavy (non-hydrogen) atoms. The first-order chi connectivity index (χ1) is 22.0. The quantitative estimate of drug-likeness (QED) is 0.186. The van der Waals surface area contributed by atoms with Crippen molar-refractivity contribution in [3.05, 3.63) is 110 Å². The maximum atomic E-state index is 14.7. The number of nitrogens with zero attached hydrogens (tertiary/aromatic N) is 4. The number of nitro groups is 2. The molecule has 7 rings (SSSR count). The van der Waals surface area contributed by atoms with Gasteiger partial charge in [0.15, 0.2) is 11.6 Å². The van der Waals surface area contributed by atoms with E-state index in [1.165, 1.54) is 54.6 Å². The van der Waals surface area contributed by atoms with E-state index in [2.05, 4.69) is 0 Å². The number of halogens is 1. The number of anilines is 2. The molecule has 14 heteroatoms. The highest BCUT2D eigenvalue weighted by Crippen LogP contribution is 2.58. The molecule has 3 aromatic carbocycles. The van der Waals surface area contributed by atoms with Crippen molar-refractivity contribution in [1.82, 2.24) is 0 Å². The molecule has 13 nitrogen and oxygen atoms in total. The highest BCUT2D eigenvalue weighted by molar-refractivity contribution is 6.24. The van der Waals surface area contributed by atoms with Gasteiger partial charge in [-0.3, -0.25) is 49.2 Å². The van der Waals surface area contributed by atoms with E-state index in [1.54, 1.807) is 6.08 Å². The lowest BCUT2D eigenvalue weighted by Gasteiger charge is -2.44. The number of rotatable bonds is 5. The molecule has 0 aromatic heterocycles. The summed E-state index contributed by atoms with van der Waals surface area (Å²) in [4.78, 5) is 78.7. The third kappa shape index (κ3) is 4.20. The van der Waals surface area contributed by atoms with Crippen LogP contribution in [0.2, 0.25) is 0 Å². The van der Waals surface area contributed by atoms with Gasteiger partial charge in [0.05, 0.1) is 44.9 Å². The lowest BCUT2D eigenvalue weighted by molar-refractivity contribution is -0.385. The Morgan fingerprint density at radius 3 is 1.74 bits per heavy atom. The number of hydrogen-bond donors (Lipinski definition) is 1. The van der Waals surface area contributed by atoms with Crippen LogP contribution in [-0.2, 0) is 19.2 Å². The Bertz CT molecular complexity index is 1910. The predicted molar refractivity (Wildman–Crippen MR) is 157 cm³/mol. The van der Waals surface area contributed by atoms with E-state index in [4.69, 9.17) is 0 Å². The molecular weight excluding hydrogens is 603 g/mol. The fourth-order valence-corrected chi connectivity index (χ4v) is 7.64. The summed E-state index contributed by atoms with van der Waals surface area (Å²) in [6.45, 7) is 0. The Morgan fingerprint density at radius 1 is 0.696 bits per heavy atom. The van der Waals surface area contributed by atoms with Crippen LogP contribution in [0.5, 0.6) is 5.75 Å². The number of nitro benzene ring substituents is 2. The number of phenolic OH excluding ortho intramolecular Hbond substituents is 1. The Kier molecular flexibility index (Phi) is 6.54. The zero-order valence-corrected chi connectivity index (χ0v) is 23.7. The normalized spacial score (nSPS) is 26.8. The van der Waals surface area contributed by atoms with Crippen molar-refractivity contribution >= 4 is 46.4 Å². The number of hydrogen-bond acceptors (Lipinski definition) is 9. The smallest absolute Gasteiger partial charge is 0.269 e. The van der Waals surface area contributed by atoms with Gasteiger partial charge >= 0.3 is 0 Å². The molecule has 3 fully saturated rings. The summed E-state index contributed by atoms with van der Waals surface area (Å²) in [6, 6.07) is 13.6. The maximum Gasteiger partial charge on any atom is 0.269 e.